The second kappa shape index (κ2) is 5.74. The van der Waals surface area contributed by atoms with Crippen LogP contribution in [0.4, 0.5) is 5.69 Å². The van der Waals surface area contributed by atoms with Gasteiger partial charge in [0, 0.05) is 36.2 Å². The Labute approximate surface area is 142 Å². The van der Waals surface area contributed by atoms with Crippen molar-refractivity contribution in [3.63, 3.8) is 0 Å². The van der Waals surface area contributed by atoms with E-state index in [1.807, 2.05) is 6.20 Å². The third-order valence-electron chi connectivity index (χ3n) is 5.85. The van der Waals surface area contributed by atoms with E-state index < -0.39 is 0 Å². The Kier molecular flexibility index (Phi) is 3.52. The number of piperidine rings is 1. The van der Waals surface area contributed by atoms with Gasteiger partial charge >= 0.3 is 0 Å². The standard InChI is InChI=1S/C19H25N3O2/c1-2-9-24-18(4-1)22-17-6-5-16(10-15(17)11-20-22)21-8-3-7-19(12-21)13-23-14-19/h5-6,10-11,18H,1-4,7-9,12-14H2. The van der Waals surface area contributed by atoms with Crippen LogP contribution in [0.1, 0.15) is 38.3 Å². The number of benzene rings is 1. The van der Waals surface area contributed by atoms with Gasteiger partial charge in [0.05, 0.1) is 24.9 Å². The fourth-order valence-corrected chi connectivity index (χ4v) is 4.44. The topological polar surface area (TPSA) is 39.5 Å². The number of fused-ring (bicyclic) bond motifs is 1. The zero-order valence-electron chi connectivity index (χ0n) is 14.1. The molecule has 1 aromatic heterocycles. The number of ether oxygens (including phenoxy) is 2. The molecule has 5 nitrogen and oxygen atoms in total. The number of aromatic nitrogens is 2. The van der Waals surface area contributed by atoms with Crippen molar-refractivity contribution < 1.29 is 9.47 Å². The first-order chi connectivity index (χ1) is 11.8. The van der Waals surface area contributed by atoms with Crippen LogP contribution in [0.15, 0.2) is 24.4 Å². The van der Waals surface area contributed by atoms with Crippen molar-refractivity contribution in [2.24, 2.45) is 5.41 Å². The summed E-state index contributed by atoms with van der Waals surface area (Å²) >= 11 is 0. The molecule has 1 atom stereocenters. The first-order valence-corrected chi connectivity index (χ1v) is 9.25. The molecule has 0 saturated carbocycles. The van der Waals surface area contributed by atoms with Crippen LogP contribution in [0.3, 0.4) is 0 Å². The monoisotopic (exact) mass is 327 g/mol. The number of hydrogen-bond donors (Lipinski definition) is 0. The quantitative estimate of drug-likeness (QED) is 0.848. The number of hydrogen-bond acceptors (Lipinski definition) is 4. The molecule has 5 heteroatoms. The highest BCUT2D eigenvalue weighted by Crippen LogP contribution is 2.39. The van der Waals surface area contributed by atoms with Crippen LogP contribution < -0.4 is 4.90 Å². The molecule has 3 aliphatic rings. The summed E-state index contributed by atoms with van der Waals surface area (Å²) in [6.45, 7) is 4.99. The maximum Gasteiger partial charge on any atom is 0.150 e. The first-order valence-electron chi connectivity index (χ1n) is 9.25. The molecule has 128 valence electrons. The molecule has 3 aliphatic heterocycles. The van der Waals surface area contributed by atoms with Gasteiger partial charge in [0.1, 0.15) is 0 Å². The molecule has 3 saturated heterocycles. The first kappa shape index (κ1) is 14.7. The highest BCUT2D eigenvalue weighted by Gasteiger charge is 2.42. The highest BCUT2D eigenvalue weighted by molar-refractivity contribution is 5.82. The Morgan fingerprint density at radius 2 is 2.12 bits per heavy atom. The molecule has 4 heterocycles. The smallest absolute Gasteiger partial charge is 0.150 e. The van der Waals surface area contributed by atoms with Gasteiger partial charge in [-0.05, 0) is 50.3 Å². The normalized spacial score (nSPS) is 26.7. The Hall–Kier alpha value is -1.59. The molecule has 0 N–H and O–H groups in total. The number of rotatable bonds is 2. The second-order valence-corrected chi connectivity index (χ2v) is 7.67. The zero-order valence-corrected chi connectivity index (χ0v) is 14.1. The Morgan fingerprint density at radius 3 is 2.92 bits per heavy atom. The predicted molar refractivity (Wildman–Crippen MR) is 93.3 cm³/mol. The van der Waals surface area contributed by atoms with E-state index in [0.717, 1.165) is 39.3 Å². The van der Waals surface area contributed by atoms with Crippen LogP contribution >= 0.6 is 0 Å². The van der Waals surface area contributed by atoms with Crippen molar-refractivity contribution in [1.82, 2.24) is 9.78 Å². The molecule has 1 aromatic carbocycles. The summed E-state index contributed by atoms with van der Waals surface area (Å²) in [7, 11) is 0. The minimum atomic E-state index is 0.104. The lowest BCUT2D eigenvalue weighted by Gasteiger charge is -2.49. The predicted octanol–water partition coefficient (Wildman–Crippen LogP) is 3.35. The summed E-state index contributed by atoms with van der Waals surface area (Å²) in [5.41, 5.74) is 2.91. The van der Waals surface area contributed by atoms with E-state index in [2.05, 4.69) is 32.9 Å². The number of anilines is 1. The number of nitrogens with zero attached hydrogens (tertiary/aromatic N) is 3. The Balaban J connectivity index is 1.42. The van der Waals surface area contributed by atoms with Gasteiger partial charge in [-0.1, -0.05) is 0 Å². The molecular weight excluding hydrogens is 302 g/mol. The van der Waals surface area contributed by atoms with E-state index in [1.165, 1.54) is 42.3 Å². The van der Waals surface area contributed by atoms with Gasteiger partial charge in [-0.25, -0.2) is 4.68 Å². The minimum absolute atomic E-state index is 0.104. The molecule has 1 spiro atoms. The Bertz CT molecular complexity index is 731. The summed E-state index contributed by atoms with van der Waals surface area (Å²) in [6, 6.07) is 6.76. The maximum atomic E-state index is 5.90. The van der Waals surface area contributed by atoms with E-state index in [1.54, 1.807) is 0 Å². The lowest BCUT2D eigenvalue weighted by molar-refractivity contribution is -0.117. The summed E-state index contributed by atoms with van der Waals surface area (Å²) in [4.78, 5) is 2.53. The van der Waals surface area contributed by atoms with Crippen molar-refractivity contribution in [1.29, 1.82) is 0 Å². The highest BCUT2D eigenvalue weighted by atomic mass is 16.5. The van der Waals surface area contributed by atoms with Crippen molar-refractivity contribution in [2.45, 2.75) is 38.3 Å². The van der Waals surface area contributed by atoms with Gasteiger partial charge in [0.15, 0.2) is 6.23 Å². The third kappa shape index (κ3) is 2.42. The van der Waals surface area contributed by atoms with Crippen LogP contribution in [-0.2, 0) is 9.47 Å². The summed E-state index contributed by atoms with van der Waals surface area (Å²) in [5, 5.41) is 5.83. The van der Waals surface area contributed by atoms with Crippen molar-refractivity contribution >= 4 is 16.6 Å². The van der Waals surface area contributed by atoms with Gasteiger partial charge in [-0.3, -0.25) is 0 Å². The van der Waals surface area contributed by atoms with Crippen molar-refractivity contribution in [2.75, 3.05) is 37.8 Å². The second-order valence-electron chi connectivity index (χ2n) is 7.67. The molecule has 0 aliphatic carbocycles. The largest absolute Gasteiger partial charge is 0.380 e. The molecule has 0 radical (unpaired) electrons. The maximum absolute atomic E-state index is 5.90. The molecule has 5 rings (SSSR count). The van der Waals surface area contributed by atoms with Gasteiger partial charge < -0.3 is 14.4 Å². The minimum Gasteiger partial charge on any atom is -0.380 e. The fraction of sp³-hybridized carbons (Fsp3) is 0.632. The zero-order chi connectivity index (χ0) is 16.0. The van der Waals surface area contributed by atoms with E-state index in [9.17, 15) is 0 Å². The van der Waals surface area contributed by atoms with E-state index in [4.69, 9.17) is 9.47 Å². The summed E-state index contributed by atoms with van der Waals surface area (Å²) in [5.74, 6) is 0. The summed E-state index contributed by atoms with van der Waals surface area (Å²) < 4.78 is 13.5. The molecule has 0 bridgehead atoms. The van der Waals surface area contributed by atoms with Crippen LogP contribution in [-0.4, -0.2) is 42.7 Å². The molecule has 0 amide bonds. The van der Waals surface area contributed by atoms with Gasteiger partial charge in [0.2, 0.25) is 0 Å². The molecule has 24 heavy (non-hydrogen) atoms. The lowest BCUT2D eigenvalue weighted by atomic mass is 9.78. The van der Waals surface area contributed by atoms with Gasteiger partial charge in [-0.15, -0.1) is 0 Å². The van der Waals surface area contributed by atoms with Crippen LogP contribution in [0.2, 0.25) is 0 Å². The van der Waals surface area contributed by atoms with Crippen LogP contribution in [0.5, 0.6) is 0 Å². The van der Waals surface area contributed by atoms with Crippen molar-refractivity contribution in [3.05, 3.63) is 24.4 Å². The molecular formula is C19H25N3O2. The third-order valence-corrected chi connectivity index (χ3v) is 5.85. The Morgan fingerprint density at radius 1 is 1.17 bits per heavy atom. The summed E-state index contributed by atoms with van der Waals surface area (Å²) in [6.07, 6.45) is 8.12. The van der Waals surface area contributed by atoms with Crippen LogP contribution in [0, 0.1) is 5.41 Å². The lowest BCUT2D eigenvalue weighted by Crippen LogP contribution is -2.54. The van der Waals surface area contributed by atoms with E-state index in [0.29, 0.717) is 5.41 Å². The fourth-order valence-electron chi connectivity index (χ4n) is 4.44. The molecule has 3 fully saturated rings. The van der Waals surface area contributed by atoms with E-state index >= 15 is 0 Å². The average Bonchev–Trinajstić information content (AvgIpc) is 3.04. The average molecular weight is 327 g/mol. The van der Waals surface area contributed by atoms with E-state index in [-0.39, 0.29) is 6.23 Å². The molecule has 1 unspecified atom stereocenters. The SMILES string of the molecule is c1cc2c(cnn2C2CCCCO2)cc1N1CCCC2(COC2)C1. The van der Waals surface area contributed by atoms with Crippen molar-refractivity contribution in [3.8, 4) is 0 Å². The van der Waals surface area contributed by atoms with Gasteiger partial charge in [0.25, 0.3) is 0 Å². The molecule has 2 aromatic rings. The van der Waals surface area contributed by atoms with Crippen LogP contribution in [0.25, 0.3) is 10.9 Å². The van der Waals surface area contributed by atoms with Gasteiger partial charge in [-0.2, -0.15) is 5.10 Å².